The molecule has 60 heavy (non-hydrogen) atoms. The van der Waals surface area contributed by atoms with Gasteiger partial charge in [0.25, 0.3) is 0 Å². The van der Waals surface area contributed by atoms with Gasteiger partial charge in [0.15, 0.2) is 0 Å². The van der Waals surface area contributed by atoms with Crippen LogP contribution in [0.15, 0.2) is 0 Å². The molecule has 0 unspecified atom stereocenters. The summed E-state index contributed by atoms with van der Waals surface area (Å²) in [6.45, 7) is -22.4. The quantitative estimate of drug-likeness (QED) is 0.144. The van der Waals surface area contributed by atoms with E-state index in [2.05, 4.69) is 18.9 Å². The Morgan fingerprint density at radius 1 is 0.367 bits per heavy atom. The predicted octanol–water partition coefficient (Wildman–Crippen LogP) is 7.31. The maximum Gasteiger partial charge on any atom is 0.435 e. The van der Waals surface area contributed by atoms with Gasteiger partial charge < -0.3 is 34.1 Å². The Kier molecular flexibility index (Phi) is 16.2. The number of ether oxygens (including phenoxy) is 4. The minimum atomic E-state index is -8.19. The van der Waals surface area contributed by atoms with Crippen molar-refractivity contribution in [3.05, 3.63) is 0 Å². The van der Waals surface area contributed by atoms with Crippen LogP contribution >= 0.6 is 0 Å². The van der Waals surface area contributed by atoms with Gasteiger partial charge in [-0.15, -0.1) is 0 Å². The predicted molar refractivity (Wildman–Crippen MR) is 126 cm³/mol. The van der Waals surface area contributed by atoms with E-state index < -0.39 is 147 Å². The van der Waals surface area contributed by atoms with E-state index in [-0.39, 0.29) is 0 Å². The maximum atomic E-state index is 13.6. The number of nitrogens with zero attached hydrogens (tertiary/aromatic N) is 1. The average Bonchev–Trinajstić information content (AvgIpc) is 2.90. The Morgan fingerprint density at radius 2 is 0.567 bits per heavy atom. The van der Waals surface area contributed by atoms with Gasteiger partial charge in [0, 0.05) is 0 Å². The minimum Gasteiger partial charge on any atom is -0.480 e. The molecule has 0 aliphatic heterocycles. The van der Waals surface area contributed by atoms with Crippen LogP contribution in [-0.4, -0.2) is 151 Å². The van der Waals surface area contributed by atoms with Crippen molar-refractivity contribution in [1.29, 1.82) is 0 Å². The molecule has 0 rings (SSSR count). The lowest BCUT2D eigenvalue weighted by Gasteiger charge is -2.45. The van der Waals surface area contributed by atoms with Gasteiger partial charge in [-0.3, -0.25) is 14.4 Å². The first-order valence-corrected chi connectivity index (χ1v) is 13.8. The number of amides is 1. The SMILES string of the molecule is O=C(O)CN(CC(=O)O)C(=O)COCC(COC(C(F)(F)F)(C(F)(F)F)C(F)(F)F)(COC(C(F)(F)F)(C(F)(F)F)C(F)(F)F)COC(C(F)(F)F)(C(F)(F)F)C(F)(F)F. The molecule has 0 bridgehead atoms. The molecule has 0 aromatic carbocycles. The number of carboxylic acid groups (broad SMARTS) is 2. The van der Waals surface area contributed by atoms with Crippen LogP contribution in [0.4, 0.5) is 119 Å². The number of hydrogen-bond donors (Lipinski definition) is 2. The van der Waals surface area contributed by atoms with Gasteiger partial charge in [0.05, 0.1) is 31.8 Å². The van der Waals surface area contributed by atoms with Gasteiger partial charge in [-0.2, -0.15) is 119 Å². The summed E-state index contributed by atoms with van der Waals surface area (Å²) >= 11 is 0. The third-order valence-corrected chi connectivity index (χ3v) is 7.02. The number of hydrogen-bond acceptors (Lipinski definition) is 7. The third-order valence-electron chi connectivity index (χ3n) is 7.02. The average molecular weight is 963 g/mol. The molecule has 0 radical (unpaired) electrons. The summed E-state index contributed by atoms with van der Waals surface area (Å²) < 4.78 is 379. The topological polar surface area (TPSA) is 132 Å². The largest absolute Gasteiger partial charge is 0.480 e. The molecule has 0 aliphatic carbocycles. The standard InChI is InChI=1S/C23H16F27NO9/c24-15(25,26)12(16(27,28)29,17(30,31)32)58-5-11(4-57-3-8(52)51(1-9(53)54)2-10(55)56,6-59-13(18(33,34)35,19(36,37)38)20(39,40)41)7-60-14(21(42,43)44,22(45,46)47)23(48,49)50/h1-7H2,(H,53,54)(H,55,56). The van der Waals surface area contributed by atoms with E-state index in [4.69, 9.17) is 10.2 Å². The van der Waals surface area contributed by atoms with E-state index in [9.17, 15) is 133 Å². The number of aliphatic carboxylic acids is 2. The molecule has 0 saturated carbocycles. The van der Waals surface area contributed by atoms with Crippen molar-refractivity contribution >= 4 is 17.8 Å². The van der Waals surface area contributed by atoms with Crippen LogP contribution in [0.5, 0.6) is 0 Å². The van der Waals surface area contributed by atoms with Crippen molar-refractivity contribution in [2.75, 3.05) is 46.1 Å². The van der Waals surface area contributed by atoms with E-state index in [1.165, 1.54) is 0 Å². The van der Waals surface area contributed by atoms with Gasteiger partial charge in [0.2, 0.25) is 5.91 Å². The molecule has 0 spiro atoms. The number of carbonyl (C=O) groups excluding carboxylic acids is 1. The molecule has 0 atom stereocenters. The smallest absolute Gasteiger partial charge is 0.435 e. The van der Waals surface area contributed by atoms with Gasteiger partial charge in [0.1, 0.15) is 19.7 Å². The Bertz CT molecular complexity index is 1220. The normalized spacial score (nSPS) is 15.3. The molecular formula is C23H16F27NO9. The van der Waals surface area contributed by atoms with Crippen LogP contribution in [0.1, 0.15) is 0 Å². The molecule has 1 amide bonds. The lowest BCUT2D eigenvalue weighted by Crippen LogP contribution is -2.71. The summed E-state index contributed by atoms with van der Waals surface area (Å²) in [5.74, 6) is -6.91. The molecule has 37 heteroatoms. The van der Waals surface area contributed by atoms with Crippen LogP contribution in [0.3, 0.4) is 0 Å². The van der Waals surface area contributed by atoms with E-state index >= 15 is 0 Å². The molecular weight excluding hydrogens is 947 g/mol. The van der Waals surface area contributed by atoms with Crippen molar-refractivity contribution in [2.45, 2.75) is 72.4 Å². The van der Waals surface area contributed by atoms with Crippen LogP contribution in [0.2, 0.25) is 0 Å². The van der Waals surface area contributed by atoms with E-state index in [0.29, 0.717) is 0 Å². The van der Waals surface area contributed by atoms with Crippen LogP contribution in [-0.2, 0) is 33.3 Å². The summed E-state index contributed by atoms with van der Waals surface area (Å²) in [6, 6.07) is 0. The number of carbonyl (C=O) groups is 3. The van der Waals surface area contributed by atoms with Gasteiger partial charge in [-0.25, -0.2) is 0 Å². The molecule has 2 N–H and O–H groups in total. The van der Waals surface area contributed by atoms with Gasteiger partial charge in [-0.05, 0) is 0 Å². The van der Waals surface area contributed by atoms with Crippen molar-refractivity contribution < 1.29 is 162 Å². The zero-order valence-electron chi connectivity index (χ0n) is 27.4. The number of alkyl halides is 27. The highest BCUT2D eigenvalue weighted by Crippen LogP contribution is 2.59. The third kappa shape index (κ3) is 11.2. The van der Waals surface area contributed by atoms with E-state index in [0.717, 1.165) is 0 Å². The summed E-state index contributed by atoms with van der Waals surface area (Å²) in [5, 5.41) is 17.5. The highest BCUT2D eigenvalue weighted by molar-refractivity contribution is 5.85. The number of halogens is 27. The molecule has 0 aromatic heterocycles. The van der Waals surface area contributed by atoms with Crippen LogP contribution in [0.25, 0.3) is 0 Å². The van der Waals surface area contributed by atoms with Crippen molar-refractivity contribution in [1.82, 2.24) is 4.90 Å². The Labute approximate surface area is 310 Å². The zero-order valence-corrected chi connectivity index (χ0v) is 27.4. The van der Waals surface area contributed by atoms with Crippen molar-refractivity contribution in [3.8, 4) is 0 Å². The molecule has 0 aromatic rings. The molecule has 0 saturated heterocycles. The molecule has 0 fully saturated rings. The van der Waals surface area contributed by atoms with E-state index in [1.54, 1.807) is 0 Å². The summed E-state index contributed by atoms with van der Waals surface area (Å²) in [7, 11) is 0. The van der Waals surface area contributed by atoms with Crippen LogP contribution in [0, 0.1) is 5.41 Å². The Morgan fingerprint density at radius 3 is 0.733 bits per heavy atom. The lowest BCUT2D eigenvalue weighted by atomic mass is 9.89. The van der Waals surface area contributed by atoms with Crippen molar-refractivity contribution in [3.63, 3.8) is 0 Å². The number of carboxylic acids is 2. The second kappa shape index (κ2) is 17.3. The Hall–Kier alpha value is -3.64. The van der Waals surface area contributed by atoms with Gasteiger partial charge >= 0.3 is 84.3 Å². The highest BCUT2D eigenvalue weighted by atomic mass is 19.5. The molecule has 0 aliphatic rings. The first-order chi connectivity index (χ1) is 26.0. The first-order valence-electron chi connectivity index (χ1n) is 13.8. The summed E-state index contributed by atoms with van der Waals surface area (Å²) in [6.07, 6.45) is -73.7. The number of rotatable bonds is 17. The zero-order chi connectivity index (χ0) is 48.6. The van der Waals surface area contributed by atoms with Crippen molar-refractivity contribution in [2.24, 2.45) is 5.41 Å². The van der Waals surface area contributed by atoms with Crippen LogP contribution < -0.4 is 0 Å². The molecule has 356 valence electrons. The Balaban J connectivity index is 8.58. The second-order valence-corrected chi connectivity index (χ2v) is 11.4. The monoisotopic (exact) mass is 963 g/mol. The summed E-state index contributed by atoms with van der Waals surface area (Å²) in [4.78, 5) is 33.5. The van der Waals surface area contributed by atoms with Gasteiger partial charge in [-0.1, -0.05) is 0 Å². The highest BCUT2D eigenvalue weighted by Gasteiger charge is 2.88. The lowest BCUT2D eigenvalue weighted by molar-refractivity contribution is -0.474. The first kappa shape index (κ1) is 56.4. The molecule has 0 heterocycles. The van der Waals surface area contributed by atoms with E-state index in [1.807, 2.05) is 0 Å². The fourth-order valence-electron chi connectivity index (χ4n) is 4.22. The fourth-order valence-corrected chi connectivity index (χ4v) is 4.22. The maximum absolute atomic E-state index is 13.6. The second-order valence-electron chi connectivity index (χ2n) is 11.4. The summed E-state index contributed by atoms with van der Waals surface area (Å²) in [5.41, 5.74) is -29.7. The fraction of sp³-hybridized carbons (Fsp3) is 0.870. The molecule has 10 nitrogen and oxygen atoms in total. The minimum absolute atomic E-state index is 0.554.